The van der Waals surface area contributed by atoms with Gasteiger partial charge in [0.05, 0.1) is 4.92 Å². The number of nitrogens with zero attached hydrogens (tertiary/aromatic N) is 2. The first-order valence-corrected chi connectivity index (χ1v) is 8.05. The predicted octanol–water partition coefficient (Wildman–Crippen LogP) is 3.85. The Labute approximate surface area is 136 Å². The summed E-state index contributed by atoms with van der Waals surface area (Å²) >= 11 is 0. The van der Waals surface area contributed by atoms with Crippen molar-refractivity contribution in [2.45, 2.75) is 19.3 Å². The zero-order valence-corrected chi connectivity index (χ0v) is 13.1. The van der Waals surface area contributed by atoms with Gasteiger partial charge in [0.2, 0.25) is 0 Å². The first-order valence-electron chi connectivity index (χ1n) is 8.05. The summed E-state index contributed by atoms with van der Waals surface area (Å²) in [7, 11) is 0. The van der Waals surface area contributed by atoms with Crippen molar-refractivity contribution in [1.29, 1.82) is 0 Å². The van der Waals surface area contributed by atoms with Gasteiger partial charge in [-0.05, 0) is 37.0 Å². The Kier molecular flexibility index (Phi) is 4.76. The van der Waals surface area contributed by atoms with E-state index in [1.165, 1.54) is 18.4 Å². The van der Waals surface area contributed by atoms with Gasteiger partial charge in [0, 0.05) is 31.4 Å². The average molecular weight is 311 g/mol. The Morgan fingerprint density at radius 3 is 2.52 bits per heavy atom. The number of hydrogen-bond donors (Lipinski definition) is 1. The van der Waals surface area contributed by atoms with Crippen LogP contribution in [-0.2, 0) is 6.42 Å². The summed E-state index contributed by atoms with van der Waals surface area (Å²) in [6.07, 6.45) is 3.22. The van der Waals surface area contributed by atoms with Crippen LogP contribution in [0, 0.1) is 10.1 Å². The number of anilines is 2. The second-order valence-electron chi connectivity index (χ2n) is 5.82. The van der Waals surface area contributed by atoms with Crippen LogP contribution in [-0.4, -0.2) is 24.6 Å². The van der Waals surface area contributed by atoms with E-state index in [1.54, 1.807) is 6.07 Å². The summed E-state index contributed by atoms with van der Waals surface area (Å²) in [5, 5.41) is 14.5. The summed E-state index contributed by atoms with van der Waals surface area (Å²) in [6, 6.07) is 15.5. The van der Waals surface area contributed by atoms with Crippen molar-refractivity contribution in [2.75, 3.05) is 29.9 Å². The van der Waals surface area contributed by atoms with E-state index in [4.69, 9.17) is 0 Å². The number of hydrogen-bond acceptors (Lipinski definition) is 4. The molecule has 1 N–H and O–H groups in total. The van der Waals surface area contributed by atoms with Gasteiger partial charge in [-0.1, -0.05) is 30.3 Å². The van der Waals surface area contributed by atoms with E-state index >= 15 is 0 Å². The van der Waals surface area contributed by atoms with Gasteiger partial charge in [-0.3, -0.25) is 10.1 Å². The molecule has 1 aliphatic heterocycles. The van der Waals surface area contributed by atoms with E-state index in [-0.39, 0.29) is 10.6 Å². The molecule has 0 spiro atoms. The fourth-order valence-corrected chi connectivity index (χ4v) is 2.98. The summed E-state index contributed by atoms with van der Waals surface area (Å²) < 4.78 is 0. The number of nitro groups is 1. The van der Waals surface area contributed by atoms with E-state index in [9.17, 15) is 10.1 Å². The standard InChI is InChI=1S/C18H21N3O2/c22-21(23)18-9-8-16(20-12-4-5-13-20)14-17(18)19-11-10-15-6-2-1-3-7-15/h1-3,6-9,14,19H,4-5,10-13H2. The van der Waals surface area contributed by atoms with E-state index < -0.39 is 0 Å². The van der Waals surface area contributed by atoms with Gasteiger partial charge in [0.15, 0.2) is 0 Å². The van der Waals surface area contributed by atoms with Gasteiger partial charge in [0.25, 0.3) is 5.69 Å². The van der Waals surface area contributed by atoms with Crippen LogP contribution in [0.25, 0.3) is 0 Å². The minimum Gasteiger partial charge on any atom is -0.379 e. The van der Waals surface area contributed by atoms with Crippen molar-refractivity contribution in [2.24, 2.45) is 0 Å². The van der Waals surface area contributed by atoms with Crippen molar-refractivity contribution in [3.8, 4) is 0 Å². The highest BCUT2D eigenvalue weighted by Crippen LogP contribution is 2.31. The third-order valence-electron chi connectivity index (χ3n) is 4.22. The van der Waals surface area contributed by atoms with Gasteiger partial charge in [0.1, 0.15) is 5.69 Å². The molecule has 0 aromatic heterocycles. The number of rotatable bonds is 6. The van der Waals surface area contributed by atoms with Gasteiger partial charge in [-0.2, -0.15) is 0 Å². The lowest BCUT2D eigenvalue weighted by Gasteiger charge is -2.18. The molecule has 1 heterocycles. The summed E-state index contributed by atoms with van der Waals surface area (Å²) in [4.78, 5) is 13.2. The summed E-state index contributed by atoms with van der Waals surface area (Å²) in [5.74, 6) is 0. The van der Waals surface area contributed by atoms with Crippen LogP contribution in [0.2, 0.25) is 0 Å². The molecule has 0 atom stereocenters. The Morgan fingerprint density at radius 2 is 1.83 bits per heavy atom. The second kappa shape index (κ2) is 7.13. The van der Waals surface area contributed by atoms with Crippen molar-refractivity contribution >= 4 is 17.1 Å². The van der Waals surface area contributed by atoms with Crippen LogP contribution in [0.3, 0.4) is 0 Å². The highest BCUT2D eigenvalue weighted by molar-refractivity contribution is 5.69. The number of nitro benzene ring substituents is 1. The summed E-state index contributed by atoms with van der Waals surface area (Å²) in [5.41, 5.74) is 3.03. The van der Waals surface area contributed by atoms with E-state index in [0.29, 0.717) is 12.2 Å². The van der Waals surface area contributed by atoms with Crippen LogP contribution < -0.4 is 10.2 Å². The minimum absolute atomic E-state index is 0.140. The summed E-state index contributed by atoms with van der Waals surface area (Å²) in [6.45, 7) is 2.73. The molecule has 120 valence electrons. The molecule has 2 aromatic rings. The van der Waals surface area contributed by atoms with Crippen LogP contribution in [0.5, 0.6) is 0 Å². The fraction of sp³-hybridized carbons (Fsp3) is 0.333. The molecule has 0 unspecified atom stereocenters. The molecule has 1 saturated heterocycles. The Hall–Kier alpha value is -2.56. The van der Waals surface area contributed by atoms with Crippen molar-refractivity contribution in [3.05, 3.63) is 64.2 Å². The van der Waals surface area contributed by atoms with Crippen LogP contribution in [0.1, 0.15) is 18.4 Å². The number of benzene rings is 2. The molecule has 2 aromatic carbocycles. The van der Waals surface area contributed by atoms with E-state index in [0.717, 1.165) is 25.2 Å². The molecular formula is C18H21N3O2. The maximum absolute atomic E-state index is 11.2. The monoisotopic (exact) mass is 311 g/mol. The highest BCUT2D eigenvalue weighted by atomic mass is 16.6. The van der Waals surface area contributed by atoms with Gasteiger partial charge < -0.3 is 10.2 Å². The molecule has 3 rings (SSSR count). The molecular weight excluding hydrogens is 290 g/mol. The molecule has 0 saturated carbocycles. The molecule has 1 aliphatic rings. The maximum Gasteiger partial charge on any atom is 0.292 e. The van der Waals surface area contributed by atoms with Crippen molar-refractivity contribution in [1.82, 2.24) is 0 Å². The lowest BCUT2D eigenvalue weighted by atomic mass is 10.1. The topological polar surface area (TPSA) is 58.4 Å². The fourth-order valence-electron chi connectivity index (χ4n) is 2.98. The molecule has 0 aliphatic carbocycles. The van der Waals surface area contributed by atoms with Gasteiger partial charge >= 0.3 is 0 Å². The third kappa shape index (κ3) is 3.80. The Balaban J connectivity index is 1.72. The van der Waals surface area contributed by atoms with Crippen molar-refractivity contribution < 1.29 is 4.92 Å². The molecule has 0 bridgehead atoms. The largest absolute Gasteiger partial charge is 0.379 e. The molecule has 23 heavy (non-hydrogen) atoms. The lowest BCUT2D eigenvalue weighted by Crippen LogP contribution is -2.18. The second-order valence-corrected chi connectivity index (χ2v) is 5.82. The Bertz CT molecular complexity index is 667. The minimum atomic E-state index is -0.321. The molecule has 0 amide bonds. The molecule has 5 heteroatoms. The molecule has 1 fully saturated rings. The highest BCUT2D eigenvalue weighted by Gasteiger charge is 2.18. The first kappa shape index (κ1) is 15.3. The zero-order chi connectivity index (χ0) is 16.1. The number of nitrogens with one attached hydrogen (secondary N) is 1. The SMILES string of the molecule is O=[N+]([O-])c1ccc(N2CCCC2)cc1NCCc1ccccc1. The van der Waals surface area contributed by atoms with Crippen LogP contribution in [0.4, 0.5) is 17.1 Å². The van der Waals surface area contributed by atoms with E-state index in [1.807, 2.05) is 30.3 Å². The smallest absolute Gasteiger partial charge is 0.292 e. The third-order valence-corrected chi connectivity index (χ3v) is 4.22. The zero-order valence-electron chi connectivity index (χ0n) is 13.1. The lowest BCUT2D eigenvalue weighted by molar-refractivity contribution is -0.383. The van der Waals surface area contributed by atoms with E-state index in [2.05, 4.69) is 22.3 Å². The first-order chi connectivity index (χ1) is 11.2. The van der Waals surface area contributed by atoms with Crippen molar-refractivity contribution in [3.63, 3.8) is 0 Å². The Morgan fingerprint density at radius 1 is 1.09 bits per heavy atom. The van der Waals surface area contributed by atoms with Crippen LogP contribution in [0.15, 0.2) is 48.5 Å². The van der Waals surface area contributed by atoms with Crippen LogP contribution >= 0.6 is 0 Å². The molecule has 5 nitrogen and oxygen atoms in total. The maximum atomic E-state index is 11.2. The predicted molar refractivity (Wildman–Crippen MR) is 93.2 cm³/mol. The quantitative estimate of drug-likeness (QED) is 0.650. The van der Waals surface area contributed by atoms with Gasteiger partial charge in [-0.25, -0.2) is 0 Å². The average Bonchev–Trinajstić information content (AvgIpc) is 3.10. The molecule has 0 radical (unpaired) electrons. The van der Waals surface area contributed by atoms with Gasteiger partial charge in [-0.15, -0.1) is 0 Å². The normalized spacial score (nSPS) is 14.0.